The number of ether oxygens (including phenoxy) is 2. The molecule has 3 aromatic heterocycles. The molecule has 0 aliphatic heterocycles. The molecule has 0 saturated carbocycles. The van der Waals surface area contributed by atoms with Crippen LogP contribution in [0.5, 0.6) is 11.5 Å². The highest BCUT2D eigenvalue weighted by Gasteiger charge is 2.33. The maximum Gasteiger partial charge on any atom is 0.573 e. The quantitative estimate of drug-likeness (QED) is 0.233. The molecule has 5 rings (SSSR count). The molecule has 39 heavy (non-hydrogen) atoms. The maximum absolute atomic E-state index is 14.6. The topological polar surface area (TPSA) is 127 Å². The molecular formula is C25H17F4N7O3. The number of imidazole rings is 1. The van der Waals surface area contributed by atoms with E-state index in [0.29, 0.717) is 33.9 Å². The number of benzene rings is 2. The second-order valence-corrected chi connectivity index (χ2v) is 7.91. The first-order valence-corrected chi connectivity index (χ1v) is 11.1. The number of pyridine rings is 1. The van der Waals surface area contributed by atoms with Gasteiger partial charge < -0.3 is 25.1 Å². The Morgan fingerprint density at radius 2 is 1.85 bits per heavy atom. The van der Waals surface area contributed by atoms with Gasteiger partial charge in [0.25, 0.3) is 5.91 Å². The SMILES string of the molecule is COc1ccc(C(=O)Nc2cc(Nc3ncccc3-c3ncnc4nc[nH]c34)ccc2F)cc1OC(F)(F)F. The maximum atomic E-state index is 14.6. The largest absolute Gasteiger partial charge is 0.573 e. The number of halogens is 4. The number of aromatic amines is 1. The van der Waals surface area contributed by atoms with E-state index in [9.17, 15) is 22.4 Å². The molecule has 0 aliphatic rings. The van der Waals surface area contributed by atoms with Crippen molar-refractivity contribution in [2.24, 2.45) is 0 Å². The fourth-order valence-corrected chi connectivity index (χ4v) is 3.72. The third-order valence-electron chi connectivity index (χ3n) is 5.41. The van der Waals surface area contributed by atoms with Crippen molar-refractivity contribution >= 4 is 34.3 Å². The number of amides is 1. The molecule has 0 saturated heterocycles. The van der Waals surface area contributed by atoms with Crippen LogP contribution >= 0.6 is 0 Å². The molecule has 0 spiro atoms. The number of carbonyl (C=O) groups excluding carboxylic acids is 1. The standard InChI is InChI=1S/C25H17F4N7O3/c1-38-18-7-4-13(9-19(18)39-25(27,28)29)24(37)36-17-10-14(5-6-16(17)26)35-22-15(3-2-8-30-22)20-21-23(33-11-31-20)34-12-32-21/h2-12H,1H3,(H,30,35)(H,36,37)(H,31,32,33,34). The second-order valence-electron chi connectivity index (χ2n) is 7.91. The molecule has 0 unspecified atom stereocenters. The lowest BCUT2D eigenvalue weighted by molar-refractivity contribution is -0.275. The zero-order valence-corrected chi connectivity index (χ0v) is 19.9. The molecule has 0 atom stereocenters. The summed E-state index contributed by atoms with van der Waals surface area (Å²) in [5.74, 6) is -2.22. The van der Waals surface area contributed by atoms with E-state index >= 15 is 0 Å². The van der Waals surface area contributed by atoms with Gasteiger partial charge in [-0.1, -0.05) is 0 Å². The number of nitrogens with zero attached hydrogens (tertiary/aromatic N) is 4. The van der Waals surface area contributed by atoms with Crippen LogP contribution in [-0.4, -0.2) is 44.3 Å². The Morgan fingerprint density at radius 3 is 2.64 bits per heavy atom. The van der Waals surface area contributed by atoms with Crippen LogP contribution in [-0.2, 0) is 0 Å². The van der Waals surface area contributed by atoms with Crippen molar-refractivity contribution in [2.45, 2.75) is 6.36 Å². The van der Waals surface area contributed by atoms with Crippen molar-refractivity contribution in [1.82, 2.24) is 24.9 Å². The number of hydrogen-bond donors (Lipinski definition) is 3. The van der Waals surface area contributed by atoms with Crippen LogP contribution in [0.25, 0.3) is 22.4 Å². The van der Waals surface area contributed by atoms with Crippen LogP contribution in [0.4, 0.5) is 34.8 Å². The van der Waals surface area contributed by atoms with Crippen molar-refractivity contribution in [3.8, 4) is 22.8 Å². The lowest BCUT2D eigenvalue weighted by atomic mass is 10.1. The number of methoxy groups -OCH3 is 1. The number of aromatic nitrogens is 5. The van der Waals surface area contributed by atoms with Gasteiger partial charge in [-0.2, -0.15) is 0 Å². The fourth-order valence-electron chi connectivity index (χ4n) is 3.72. The molecule has 5 aromatic rings. The first kappa shape index (κ1) is 25.4. The predicted octanol–water partition coefficient (Wildman–Crippen LogP) is 5.46. The summed E-state index contributed by atoms with van der Waals surface area (Å²) < 4.78 is 61.7. The Bertz CT molecular complexity index is 1670. The van der Waals surface area contributed by atoms with Crippen LogP contribution in [0.3, 0.4) is 0 Å². The van der Waals surface area contributed by atoms with Crippen molar-refractivity contribution in [2.75, 3.05) is 17.7 Å². The number of fused-ring (bicyclic) bond motifs is 1. The zero-order valence-electron chi connectivity index (χ0n) is 19.9. The summed E-state index contributed by atoms with van der Waals surface area (Å²) in [7, 11) is 1.15. The highest BCUT2D eigenvalue weighted by molar-refractivity contribution is 6.05. The number of rotatable bonds is 7. The van der Waals surface area contributed by atoms with E-state index in [-0.39, 0.29) is 17.0 Å². The smallest absolute Gasteiger partial charge is 0.493 e. The monoisotopic (exact) mass is 539 g/mol. The third-order valence-corrected chi connectivity index (χ3v) is 5.41. The Kier molecular flexibility index (Phi) is 6.66. The van der Waals surface area contributed by atoms with E-state index in [1.54, 1.807) is 18.3 Å². The van der Waals surface area contributed by atoms with Gasteiger partial charge in [0.1, 0.15) is 29.2 Å². The molecule has 10 nitrogen and oxygen atoms in total. The first-order valence-electron chi connectivity index (χ1n) is 11.1. The van der Waals surface area contributed by atoms with Gasteiger partial charge in [-0.25, -0.2) is 24.3 Å². The summed E-state index contributed by atoms with van der Waals surface area (Å²) in [6.45, 7) is 0. The highest BCUT2D eigenvalue weighted by Crippen LogP contribution is 2.34. The van der Waals surface area contributed by atoms with Crippen molar-refractivity contribution in [1.29, 1.82) is 0 Å². The lowest BCUT2D eigenvalue weighted by Crippen LogP contribution is -2.19. The van der Waals surface area contributed by atoms with Gasteiger partial charge in [-0.15, -0.1) is 13.2 Å². The summed E-state index contributed by atoms with van der Waals surface area (Å²) in [6, 6.07) is 10.5. The average molecular weight is 539 g/mol. The number of alkyl halides is 3. The third kappa shape index (κ3) is 5.53. The highest BCUT2D eigenvalue weighted by atomic mass is 19.4. The van der Waals surface area contributed by atoms with Gasteiger partial charge >= 0.3 is 6.36 Å². The molecule has 0 radical (unpaired) electrons. The molecule has 3 heterocycles. The van der Waals surface area contributed by atoms with Gasteiger partial charge in [0.05, 0.1) is 19.1 Å². The number of nitrogens with one attached hydrogen (secondary N) is 3. The van der Waals surface area contributed by atoms with Crippen LogP contribution in [0.1, 0.15) is 10.4 Å². The van der Waals surface area contributed by atoms with E-state index in [0.717, 1.165) is 25.3 Å². The predicted molar refractivity (Wildman–Crippen MR) is 132 cm³/mol. The summed E-state index contributed by atoms with van der Waals surface area (Å²) in [5.41, 5.74) is 2.09. The van der Waals surface area contributed by atoms with Gasteiger partial charge in [0, 0.05) is 23.0 Å². The Labute approximate surface area is 217 Å². The Hall–Kier alpha value is -5.27. The van der Waals surface area contributed by atoms with E-state index in [1.165, 1.54) is 30.9 Å². The molecule has 14 heteroatoms. The Morgan fingerprint density at radius 1 is 1.00 bits per heavy atom. The number of H-pyrrole nitrogens is 1. The van der Waals surface area contributed by atoms with Crippen LogP contribution < -0.4 is 20.1 Å². The minimum absolute atomic E-state index is 0.216. The second kappa shape index (κ2) is 10.2. The van der Waals surface area contributed by atoms with Gasteiger partial charge in [-0.05, 0) is 48.5 Å². The zero-order chi connectivity index (χ0) is 27.6. The van der Waals surface area contributed by atoms with Crippen molar-refractivity contribution in [3.05, 3.63) is 78.8 Å². The fraction of sp³-hybridized carbons (Fsp3) is 0.0800. The van der Waals surface area contributed by atoms with Crippen LogP contribution in [0, 0.1) is 5.82 Å². The van der Waals surface area contributed by atoms with Gasteiger partial charge in [0.15, 0.2) is 17.1 Å². The minimum Gasteiger partial charge on any atom is -0.493 e. The molecule has 2 aromatic carbocycles. The summed E-state index contributed by atoms with van der Waals surface area (Å²) >= 11 is 0. The number of anilines is 3. The van der Waals surface area contributed by atoms with E-state index in [4.69, 9.17) is 4.74 Å². The van der Waals surface area contributed by atoms with Crippen LogP contribution in [0.15, 0.2) is 67.4 Å². The van der Waals surface area contributed by atoms with Gasteiger partial charge in [-0.3, -0.25) is 4.79 Å². The van der Waals surface area contributed by atoms with Crippen molar-refractivity contribution < 1.29 is 31.8 Å². The number of hydrogen-bond acceptors (Lipinski definition) is 8. The molecule has 1 amide bonds. The summed E-state index contributed by atoms with van der Waals surface area (Å²) in [4.78, 5) is 32.7. The Balaban J connectivity index is 1.41. The molecule has 0 fully saturated rings. The number of carbonyl (C=O) groups is 1. The molecule has 0 aliphatic carbocycles. The summed E-state index contributed by atoms with van der Waals surface area (Å²) in [6.07, 6.45) is -0.602. The lowest BCUT2D eigenvalue weighted by Gasteiger charge is -2.15. The first-order chi connectivity index (χ1) is 18.7. The molecular weight excluding hydrogens is 522 g/mol. The molecule has 3 N–H and O–H groups in total. The van der Waals surface area contributed by atoms with E-state index in [1.807, 2.05) is 0 Å². The van der Waals surface area contributed by atoms with E-state index < -0.39 is 23.8 Å². The normalized spacial score (nSPS) is 11.3. The molecule has 198 valence electrons. The van der Waals surface area contributed by atoms with E-state index in [2.05, 4.69) is 40.3 Å². The van der Waals surface area contributed by atoms with Crippen LogP contribution in [0.2, 0.25) is 0 Å². The summed E-state index contributed by atoms with van der Waals surface area (Å²) in [5, 5.41) is 5.43. The van der Waals surface area contributed by atoms with Crippen molar-refractivity contribution in [3.63, 3.8) is 0 Å². The molecule has 0 bridgehead atoms. The van der Waals surface area contributed by atoms with Gasteiger partial charge in [0.2, 0.25) is 0 Å². The minimum atomic E-state index is -5.01. The average Bonchev–Trinajstić information content (AvgIpc) is 3.39.